The summed E-state index contributed by atoms with van der Waals surface area (Å²) in [5.74, 6) is 0.223. The van der Waals surface area contributed by atoms with E-state index >= 15 is 0 Å². The molecule has 2 rings (SSSR count). The van der Waals surface area contributed by atoms with E-state index in [9.17, 15) is 31.1 Å². The summed E-state index contributed by atoms with van der Waals surface area (Å²) in [7, 11) is 0. The highest BCUT2D eigenvalue weighted by Gasteiger charge is 2.36. The molecule has 0 aliphatic heterocycles. The maximum atomic E-state index is 12.8. The number of rotatable bonds is 5. The predicted molar refractivity (Wildman–Crippen MR) is 77.0 cm³/mol. The minimum absolute atomic E-state index is 0.0204. The first kappa shape index (κ1) is 18.8. The highest BCUT2D eigenvalue weighted by molar-refractivity contribution is 5.57. The minimum atomic E-state index is -4.91. The Hall–Kier alpha value is -2.51. The molecule has 0 fully saturated rings. The van der Waals surface area contributed by atoms with E-state index in [1.54, 1.807) is 18.2 Å². The third kappa shape index (κ3) is 4.98. The number of ether oxygens (including phenoxy) is 1. The monoisotopic (exact) mass is 362 g/mol. The van der Waals surface area contributed by atoms with Crippen molar-refractivity contribution in [1.82, 2.24) is 0 Å². The first-order chi connectivity index (χ1) is 11.6. The van der Waals surface area contributed by atoms with Gasteiger partial charge in [-0.2, -0.15) is 26.3 Å². The molecular formula is C17H12F6O2. The van der Waals surface area contributed by atoms with Crippen molar-refractivity contribution >= 4 is 6.29 Å². The zero-order valence-electron chi connectivity index (χ0n) is 12.6. The topological polar surface area (TPSA) is 26.3 Å². The number of benzene rings is 2. The van der Waals surface area contributed by atoms with Gasteiger partial charge in [-0.1, -0.05) is 18.2 Å². The molecule has 0 unspecified atom stereocenters. The van der Waals surface area contributed by atoms with Gasteiger partial charge in [0.05, 0.1) is 11.1 Å². The van der Waals surface area contributed by atoms with Gasteiger partial charge < -0.3 is 9.53 Å². The maximum Gasteiger partial charge on any atom is 0.416 e. The van der Waals surface area contributed by atoms with Crippen LogP contribution in [0.25, 0.3) is 0 Å². The first-order valence-corrected chi connectivity index (χ1v) is 7.04. The summed E-state index contributed by atoms with van der Waals surface area (Å²) < 4.78 is 82.2. The fourth-order valence-electron chi connectivity index (χ4n) is 2.17. The summed E-state index contributed by atoms with van der Waals surface area (Å²) in [6.07, 6.45) is -9.18. The van der Waals surface area contributed by atoms with Crippen LogP contribution >= 0.6 is 0 Å². The Bertz CT molecular complexity index is 717. The molecule has 0 bridgehead atoms. The van der Waals surface area contributed by atoms with E-state index in [1.807, 2.05) is 0 Å². The molecule has 0 atom stereocenters. The van der Waals surface area contributed by atoms with Crippen LogP contribution in [0.1, 0.15) is 22.3 Å². The van der Waals surface area contributed by atoms with Crippen molar-refractivity contribution < 1.29 is 35.9 Å². The van der Waals surface area contributed by atoms with E-state index in [4.69, 9.17) is 4.74 Å². The van der Waals surface area contributed by atoms with Crippen LogP contribution in [0.2, 0.25) is 0 Å². The van der Waals surface area contributed by atoms with Gasteiger partial charge in [0.2, 0.25) is 0 Å². The van der Waals surface area contributed by atoms with Crippen molar-refractivity contribution in [2.75, 3.05) is 0 Å². The quantitative estimate of drug-likeness (QED) is 0.550. The van der Waals surface area contributed by atoms with Crippen LogP contribution in [0, 0.1) is 0 Å². The zero-order valence-corrected chi connectivity index (χ0v) is 12.6. The summed E-state index contributed by atoms with van der Waals surface area (Å²) in [5.41, 5.74) is -2.59. The largest absolute Gasteiger partial charge is 0.489 e. The molecular weight excluding hydrogens is 350 g/mol. The molecule has 8 heteroatoms. The van der Waals surface area contributed by atoms with Gasteiger partial charge in [0.25, 0.3) is 0 Å². The van der Waals surface area contributed by atoms with Crippen LogP contribution in [-0.2, 0) is 30.2 Å². The molecule has 0 spiro atoms. The number of hydrogen-bond acceptors (Lipinski definition) is 2. The summed E-state index contributed by atoms with van der Waals surface area (Å²) in [6.45, 7) is -0.497. The van der Waals surface area contributed by atoms with Gasteiger partial charge in [0.15, 0.2) is 0 Å². The van der Waals surface area contributed by atoms with E-state index in [2.05, 4.69) is 0 Å². The molecule has 0 radical (unpaired) electrons. The lowest BCUT2D eigenvalue weighted by atomic mass is 10.1. The smallest absolute Gasteiger partial charge is 0.416 e. The second-order valence-corrected chi connectivity index (χ2v) is 5.18. The molecule has 0 N–H and O–H groups in total. The lowest BCUT2D eigenvalue weighted by molar-refractivity contribution is -0.143. The van der Waals surface area contributed by atoms with Gasteiger partial charge in [-0.05, 0) is 29.8 Å². The number of alkyl halides is 6. The van der Waals surface area contributed by atoms with Gasteiger partial charge in [-0.25, -0.2) is 0 Å². The summed E-state index contributed by atoms with van der Waals surface area (Å²) in [6, 6.07) is 7.56. The number of hydrogen-bond donors (Lipinski definition) is 0. The van der Waals surface area contributed by atoms with Crippen molar-refractivity contribution in [3.63, 3.8) is 0 Å². The van der Waals surface area contributed by atoms with Crippen molar-refractivity contribution in [3.8, 4) is 5.75 Å². The number of halogens is 6. The first-order valence-electron chi connectivity index (χ1n) is 7.04. The van der Waals surface area contributed by atoms with Gasteiger partial charge in [0.1, 0.15) is 18.6 Å². The molecule has 0 amide bonds. The third-order valence-corrected chi connectivity index (χ3v) is 3.32. The van der Waals surface area contributed by atoms with Gasteiger partial charge >= 0.3 is 12.4 Å². The highest BCUT2D eigenvalue weighted by Crippen LogP contribution is 2.36. The maximum absolute atomic E-state index is 12.8. The Morgan fingerprint density at radius 3 is 1.96 bits per heavy atom. The van der Waals surface area contributed by atoms with Crippen LogP contribution in [0.15, 0.2) is 42.5 Å². The second kappa shape index (κ2) is 7.16. The standard InChI is InChI=1S/C17H12F6O2/c18-16(19,20)13-7-11(8-14(9-13)17(21,22)23)10-25-15-4-2-1-3-12(15)5-6-24/h1-4,6-9H,5,10H2. The highest BCUT2D eigenvalue weighted by atomic mass is 19.4. The van der Waals surface area contributed by atoms with E-state index < -0.39 is 30.1 Å². The number of aldehydes is 1. The van der Waals surface area contributed by atoms with Gasteiger partial charge in [-0.15, -0.1) is 0 Å². The summed E-state index contributed by atoms with van der Waals surface area (Å²) >= 11 is 0. The van der Waals surface area contributed by atoms with Crippen molar-refractivity contribution in [2.45, 2.75) is 25.4 Å². The SMILES string of the molecule is O=CCc1ccccc1OCc1cc(C(F)(F)F)cc(C(F)(F)F)c1. The van der Waals surface area contributed by atoms with Crippen molar-refractivity contribution in [2.24, 2.45) is 0 Å². The molecule has 0 saturated carbocycles. The molecule has 2 aromatic carbocycles. The van der Waals surface area contributed by atoms with E-state index in [0.717, 1.165) is 0 Å². The molecule has 25 heavy (non-hydrogen) atoms. The summed E-state index contributed by atoms with van der Waals surface area (Å²) in [5, 5.41) is 0. The fraction of sp³-hybridized carbons (Fsp3) is 0.235. The molecule has 0 saturated heterocycles. The van der Waals surface area contributed by atoms with E-state index in [1.165, 1.54) is 6.07 Å². The second-order valence-electron chi connectivity index (χ2n) is 5.18. The Morgan fingerprint density at radius 2 is 1.44 bits per heavy atom. The molecule has 0 aliphatic carbocycles. The molecule has 0 aliphatic rings. The molecule has 0 heterocycles. The van der Waals surface area contributed by atoms with Crippen LogP contribution in [0.5, 0.6) is 5.75 Å². The molecule has 2 aromatic rings. The average molecular weight is 362 g/mol. The lowest BCUT2D eigenvalue weighted by Crippen LogP contribution is -2.12. The molecule has 134 valence electrons. The fourth-order valence-corrected chi connectivity index (χ4v) is 2.17. The number of carbonyl (C=O) groups excluding carboxylic acids is 1. The van der Waals surface area contributed by atoms with E-state index in [0.29, 0.717) is 24.0 Å². The predicted octanol–water partition coefficient (Wildman–Crippen LogP) is 5.04. The Kier molecular flexibility index (Phi) is 5.39. The zero-order chi connectivity index (χ0) is 18.7. The van der Waals surface area contributed by atoms with Crippen LogP contribution in [-0.4, -0.2) is 6.29 Å². The number of carbonyl (C=O) groups is 1. The number of para-hydroxylation sites is 1. The van der Waals surface area contributed by atoms with Gasteiger partial charge in [0, 0.05) is 12.0 Å². The Labute approximate surface area is 139 Å². The average Bonchev–Trinajstić information content (AvgIpc) is 2.52. The van der Waals surface area contributed by atoms with Crippen LogP contribution in [0.4, 0.5) is 26.3 Å². The van der Waals surface area contributed by atoms with Gasteiger partial charge in [-0.3, -0.25) is 0 Å². The molecule has 2 nitrogen and oxygen atoms in total. The van der Waals surface area contributed by atoms with Crippen molar-refractivity contribution in [3.05, 3.63) is 64.7 Å². The summed E-state index contributed by atoms with van der Waals surface area (Å²) in [4.78, 5) is 10.6. The minimum Gasteiger partial charge on any atom is -0.489 e. The lowest BCUT2D eigenvalue weighted by Gasteiger charge is -2.15. The third-order valence-electron chi connectivity index (χ3n) is 3.32. The normalized spacial score (nSPS) is 12.1. The van der Waals surface area contributed by atoms with Crippen molar-refractivity contribution in [1.29, 1.82) is 0 Å². The van der Waals surface area contributed by atoms with Crippen LogP contribution in [0.3, 0.4) is 0 Å². The molecule has 0 aromatic heterocycles. The Balaban J connectivity index is 2.32. The van der Waals surface area contributed by atoms with E-state index in [-0.39, 0.29) is 23.8 Å². The Morgan fingerprint density at radius 1 is 0.880 bits per heavy atom. The van der Waals surface area contributed by atoms with Crippen LogP contribution < -0.4 is 4.74 Å².